The van der Waals surface area contributed by atoms with E-state index in [0.29, 0.717) is 12.6 Å². The molecule has 2 rings (SSSR count). The van der Waals surface area contributed by atoms with Crippen molar-refractivity contribution in [3.05, 3.63) is 0 Å². The molecule has 0 aromatic rings. The minimum atomic E-state index is 0.0866. The van der Waals surface area contributed by atoms with Crippen molar-refractivity contribution in [2.24, 2.45) is 17.3 Å². The Labute approximate surface area is 112 Å². The van der Waals surface area contributed by atoms with Crippen LogP contribution in [0.4, 0.5) is 0 Å². The normalized spacial score (nSPS) is 37.7. The van der Waals surface area contributed by atoms with Crippen LogP contribution in [0.3, 0.4) is 0 Å². The number of hydrogen-bond donors (Lipinski definition) is 1. The molecule has 3 nitrogen and oxygen atoms in total. The molecule has 0 aromatic heterocycles. The number of likely N-dealkylation sites (tertiary alicyclic amines) is 1. The van der Waals surface area contributed by atoms with Crippen LogP contribution in [0.25, 0.3) is 0 Å². The number of nitrogens with zero attached hydrogens (tertiary/aromatic N) is 1. The zero-order valence-electron chi connectivity index (χ0n) is 12.2. The molecular weight excluding hydrogens is 226 g/mol. The van der Waals surface area contributed by atoms with Crippen LogP contribution in [0.1, 0.15) is 40.0 Å². The molecule has 3 unspecified atom stereocenters. The number of aliphatic hydroxyl groups is 1. The van der Waals surface area contributed by atoms with E-state index in [4.69, 9.17) is 4.74 Å². The smallest absolute Gasteiger partial charge is 0.0501 e. The van der Waals surface area contributed by atoms with Gasteiger partial charge in [0.1, 0.15) is 0 Å². The lowest BCUT2D eigenvalue weighted by Gasteiger charge is -2.47. The molecule has 3 heteroatoms. The summed E-state index contributed by atoms with van der Waals surface area (Å²) in [6, 6.07) is 0.646. The van der Waals surface area contributed by atoms with Crippen LogP contribution in [0.15, 0.2) is 0 Å². The third-order valence-corrected chi connectivity index (χ3v) is 5.15. The highest BCUT2D eigenvalue weighted by Crippen LogP contribution is 2.35. The van der Waals surface area contributed by atoms with Crippen LogP contribution in [-0.4, -0.2) is 49.0 Å². The summed E-state index contributed by atoms with van der Waals surface area (Å²) >= 11 is 0. The fourth-order valence-electron chi connectivity index (χ4n) is 3.64. The molecule has 3 atom stereocenters. The van der Waals surface area contributed by atoms with Crippen LogP contribution in [0.5, 0.6) is 0 Å². The van der Waals surface area contributed by atoms with Crippen LogP contribution in [0, 0.1) is 17.3 Å². The Hall–Kier alpha value is -0.120. The lowest BCUT2D eigenvalue weighted by atomic mass is 9.78. The minimum Gasteiger partial charge on any atom is -0.396 e. The molecule has 0 aliphatic carbocycles. The maximum Gasteiger partial charge on any atom is 0.0501 e. The van der Waals surface area contributed by atoms with E-state index in [-0.39, 0.29) is 5.41 Å². The van der Waals surface area contributed by atoms with Crippen molar-refractivity contribution < 1.29 is 9.84 Å². The molecule has 0 bridgehead atoms. The van der Waals surface area contributed by atoms with Gasteiger partial charge >= 0.3 is 0 Å². The maximum absolute atomic E-state index is 9.81. The molecule has 2 heterocycles. The summed E-state index contributed by atoms with van der Waals surface area (Å²) in [4.78, 5) is 2.61. The van der Waals surface area contributed by atoms with Crippen LogP contribution in [0.2, 0.25) is 0 Å². The molecule has 106 valence electrons. The molecule has 2 saturated heterocycles. The standard InChI is InChI=1S/C15H29NO2/c1-12-8-13(2)14(3)16(9-12)10-15(11-17)4-6-18-7-5-15/h12-14,17H,4-11H2,1-3H3. The van der Waals surface area contributed by atoms with Gasteiger partial charge in [0.2, 0.25) is 0 Å². The van der Waals surface area contributed by atoms with Crippen molar-refractivity contribution in [3.8, 4) is 0 Å². The summed E-state index contributed by atoms with van der Waals surface area (Å²) in [5.41, 5.74) is 0.0866. The van der Waals surface area contributed by atoms with Crippen molar-refractivity contribution in [2.75, 3.05) is 32.9 Å². The summed E-state index contributed by atoms with van der Waals surface area (Å²) in [7, 11) is 0. The number of piperidine rings is 1. The van der Waals surface area contributed by atoms with Gasteiger partial charge in [-0.05, 0) is 38.0 Å². The Balaban J connectivity index is 2.01. The minimum absolute atomic E-state index is 0.0866. The number of aliphatic hydroxyl groups excluding tert-OH is 1. The monoisotopic (exact) mass is 255 g/mol. The molecule has 2 aliphatic rings. The summed E-state index contributed by atoms with van der Waals surface area (Å²) in [5.74, 6) is 1.55. The highest BCUT2D eigenvalue weighted by molar-refractivity contribution is 4.90. The first-order chi connectivity index (χ1) is 8.56. The van der Waals surface area contributed by atoms with E-state index in [1.807, 2.05) is 0 Å². The SMILES string of the molecule is CC1CC(C)C(C)N(CC2(CO)CCOCC2)C1. The van der Waals surface area contributed by atoms with E-state index in [0.717, 1.165) is 44.4 Å². The molecular formula is C15H29NO2. The predicted molar refractivity (Wildman–Crippen MR) is 73.6 cm³/mol. The van der Waals surface area contributed by atoms with E-state index < -0.39 is 0 Å². The highest BCUT2D eigenvalue weighted by Gasteiger charge is 2.38. The summed E-state index contributed by atoms with van der Waals surface area (Å²) in [5, 5.41) is 9.81. The second-order valence-corrected chi connectivity index (χ2v) is 6.76. The van der Waals surface area contributed by atoms with Gasteiger partial charge in [-0.2, -0.15) is 0 Å². The Morgan fingerprint density at radius 2 is 1.89 bits per heavy atom. The highest BCUT2D eigenvalue weighted by atomic mass is 16.5. The van der Waals surface area contributed by atoms with E-state index in [1.165, 1.54) is 13.0 Å². The third kappa shape index (κ3) is 3.06. The van der Waals surface area contributed by atoms with Gasteiger partial charge in [0, 0.05) is 37.8 Å². The van der Waals surface area contributed by atoms with Crippen LogP contribution < -0.4 is 0 Å². The van der Waals surface area contributed by atoms with E-state index in [2.05, 4.69) is 25.7 Å². The lowest BCUT2D eigenvalue weighted by molar-refractivity contribution is -0.0535. The maximum atomic E-state index is 9.81. The summed E-state index contributed by atoms with van der Waals surface area (Å²) in [6.45, 7) is 11.2. The Morgan fingerprint density at radius 1 is 1.22 bits per heavy atom. The second-order valence-electron chi connectivity index (χ2n) is 6.76. The van der Waals surface area contributed by atoms with Crippen molar-refractivity contribution in [1.29, 1.82) is 0 Å². The summed E-state index contributed by atoms with van der Waals surface area (Å²) in [6.07, 6.45) is 3.36. The first kappa shape index (κ1) is 14.3. The molecule has 0 amide bonds. The number of rotatable bonds is 3. The largest absolute Gasteiger partial charge is 0.396 e. The van der Waals surface area contributed by atoms with Gasteiger partial charge in [0.15, 0.2) is 0 Å². The Morgan fingerprint density at radius 3 is 2.50 bits per heavy atom. The molecule has 2 aliphatic heterocycles. The number of ether oxygens (including phenoxy) is 1. The van der Waals surface area contributed by atoms with Gasteiger partial charge < -0.3 is 9.84 Å². The van der Waals surface area contributed by atoms with Crippen LogP contribution >= 0.6 is 0 Å². The van der Waals surface area contributed by atoms with Gasteiger partial charge in [-0.1, -0.05) is 13.8 Å². The average Bonchev–Trinajstić information content (AvgIpc) is 2.36. The fraction of sp³-hybridized carbons (Fsp3) is 1.00. The van der Waals surface area contributed by atoms with Crippen molar-refractivity contribution >= 4 is 0 Å². The molecule has 18 heavy (non-hydrogen) atoms. The Kier molecular flexibility index (Phi) is 4.68. The first-order valence-corrected chi connectivity index (χ1v) is 7.49. The van der Waals surface area contributed by atoms with Crippen molar-refractivity contribution in [3.63, 3.8) is 0 Å². The summed E-state index contributed by atoms with van der Waals surface area (Å²) < 4.78 is 5.46. The molecule has 0 spiro atoms. The predicted octanol–water partition coefficient (Wildman–Crippen LogP) is 2.14. The molecule has 0 aromatic carbocycles. The van der Waals surface area contributed by atoms with Gasteiger partial charge in [0.25, 0.3) is 0 Å². The zero-order chi connectivity index (χ0) is 13.2. The van der Waals surface area contributed by atoms with Gasteiger partial charge in [-0.3, -0.25) is 4.90 Å². The van der Waals surface area contributed by atoms with Crippen molar-refractivity contribution in [1.82, 2.24) is 4.90 Å². The molecule has 0 radical (unpaired) electrons. The van der Waals surface area contributed by atoms with Gasteiger partial charge in [0.05, 0.1) is 6.61 Å². The van der Waals surface area contributed by atoms with Gasteiger partial charge in [-0.25, -0.2) is 0 Å². The van der Waals surface area contributed by atoms with Crippen LogP contribution in [-0.2, 0) is 4.74 Å². The molecule has 0 saturated carbocycles. The molecule has 2 fully saturated rings. The molecule has 1 N–H and O–H groups in total. The van der Waals surface area contributed by atoms with Crippen molar-refractivity contribution in [2.45, 2.75) is 46.1 Å². The zero-order valence-corrected chi connectivity index (χ0v) is 12.2. The second kappa shape index (κ2) is 5.89. The van der Waals surface area contributed by atoms with E-state index >= 15 is 0 Å². The average molecular weight is 255 g/mol. The Bertz CT molecular complexity index is 263. The van der Waals surface area contributed by atoms with Gasteiger partial charge in [-0.15, -0.1) is 0 Å². The lowest BCUT2D eigenvalue weighted by Crippen LogP contribution is -2.52. The van der Waals surface area contributed by atoms with E-state index in [1.54, 1.807) is 0 Å². The first-order valence-electron chi connectivity index (χ1n) is 7.49. The topological polar surface area (TPSA) is 32.7 Å². The third-order valence-electron chi connectivity index (χ3n) is 5.15. The number of hydrogen-bond acceptors (Lipinski definition) is 3. The van der Waals surface area contributed by atoms with E-state index in [9.17, 15) is 5.11 Å². The quantitative estimate of drug-likeness (QED) is 0.838. The fourth-order valence-corrected chi connectivity index (χ4v) is 3.64.